The Bertz CT molecular complexity index is 2630. The molecule has 1 aliphatic rings. The number of para-hydroxylation sites is 2. The van der Waals surface area contributed by atoms with E-state index in [2.05, 4.69) is 29.5 Å². The smallest absolute Gasteiger partial charge is 0.243 e. The topological polar surface area (TPSA) is 212 Å². The third-order valence-corrected chi connectivity index (χ3v) is 15.1. The number of nitrogens with two attached hydrogens (primary N) is 2. The predicted molar refractivity (Wildman–Crippen MR) is 243 cm³/mol. The number of nitrogen functional groups attached to an aromatic ring is 2. The molecule has 0 unspecified atom stereocenters. The summed E-state index contributed by atoms with van der Waals surface area (Å²) in [5.74, 6) is 0.772. The summed E-state index contributed by atoms with van der Waals surface area (Å²) in [6.07, 6.45) is 0. The van der Waals surface area contributed by atoms with Gasteiger partial charge >= 0.3 is 0 Å². The van der Waals surface area contributed by atoms with Crippen molar-refractivity contribution in [3.63, 3.8) is 0 Å². The van der Waals surface area contributed by atoms with Crippen LogP contribution < -0.4 is 11.5 Å². The number of rotatable bonds is 12. The molecule has 0 radical (unpaired) electrons. The lowest BCUT2D eigenvalue weighted by atomic mass is 10.2. The molecular weight excluding hydrogens is 881 g/mol. The van der Waals surface area contributed by atoms with E-state index in [1.807, 2.05) is 74.5 Å². The van der Waals surface area contributed by atoms with Crippen molar-refractivity contribution in [1.29, 1.82) is 0 Å². The fraction of sp³-hybridized carbons (Fsp3) is 0.158. The minimum absolute atomic E-state index is 0.0296. The summed E-state index contributed by atoms with van der Waals surface area (Å²) in [6.45, 7) is 3.50. The third kappa shape index (κ3) is 9.10. The van der Waals surface area contributed by atoms with Crippen molar-refractivity contribution in [2.45, 2.75) is 23.6 Å². The van der Waals surface area contributed by atoms with Crippen LogP contribution in [0.5, 0.6) is 0 Å². The number of thiocarbonyl (C=S) groups is 2. The molecule has 4 N–H and O–H groups in total. The maximum Gasteiger partial charge on any atom is 0.243 e. The first kappa shape index (κ1) is 42.9. The van der Waals surface area contributed by atoms with E-state index in [1.54, 1.807) is 9.36 Å². The van der Waals surface area contributed by atoms with E-state index < -0.39 is 20.0 Å². The molecule has 308 valence electrons. The molecule has 1 fully saturated rings. The standard InChI is InChI=1S/C38H36N12O4S6/c1-25-33(35(39)49(43-25)29-9-5-3-6-10-29)37(55)57-45-41-27-13-17-31(18-14-27)59(51,52)47-21-23-48(24-22-47)60(53,54)32-19-15-28(16-20-32)42-46-58-38(56)34-26(2)44-50(36(34)40)30-11-7-4-8-12-30/h3-20H,21-24,39-40H2,1-2H3. The number of benzene rings is 4. The number of hydrogen-bond acceptors (Lipinski definition) is 16. The Labute approximate surface area is 366 Å². The largest absolute Gasteiger partial charge is 0.383 e. The molecule has 22 heteroatoms. The number of nitrogens with zero attached hydrogens (tertiary/aromatic N) is 10. The molecule has 60 heavy (non-hydrogen) atoms. The Morgan fingerprint density at radius 2 is 0.900 bits per heavy atom. The number of sulfonamides is 2. The lowest BCUT2D eigenvalue weighted by molar-refractivity contribution is 0.273. The van der Waals surface area contributed by atoms with E-state index >= 15 is 0 Å². The lowest BCUT2D eigenvalue weighted by Gasteiger charge is -2.33. The van der Waals surface area contributed by atoms with Crippen LogP contribution in [0.1, 0.15) is 22.5 Å². The SMILES string of the molecule is Cc1nn(-c2ccccc2)c(N)c1C(=S)SN=Nc1ccc(S(=O)(=O)N2CCN(S(=O)(=O)c3ccc(N=NSC(=S)c4c(C)nn(-c5ccccc5)c4N)cc3)CC2)cc1. The van der Waals surface area contributed by atoms with Crippen molar-refractivity contribution in [3.8, 4) is 11.4 Å². The summed E-state index contributed by atoms with van der Waals surface area (Å²) in [4.78, 5) is 0.0874. The molecule has 2 aromatic heterocycles. The normalized spacial score (nSPS) is 14.3. The van der Waals surface area contributed by atoms with Crippen LogP contribution in [0.25, 0.3) is 11.4 Å². The quantitative estimate of drug-likeness (QED) is 0.0686. The molecule has 1 saturated heterocycles. The van der Waals surface area contributed by atoms with Crippen LogP contribution in [-0.4, -0.2) is 79.6 Å². The molecule has 7 rings (SSSR count). The van der Waals surface area contributed by atoms with Crippen LogP contribution in [0.4, 0.5) is 23.0 Å². The number of aryl methyl sites for hydroxylation is 2. The van der Waals surface area contributed by atoms with Crippen molar-refractivity contribution in [2.75, 3.05) is 37.6 Å². The van der Waals surface area contributed by atoms with Crippen molar-refractivity contribution >= 4 is 99.8 Å². The van der Waals surface area contributed by atoms with E-state index in [0.29, 0.717) is 53.9 Å². The molecule has 0 spiro atoms. The Morgan fingerprint density at radius 1 is 0.567 bits per heavy atom. The van der Waals surface area contributed by atoms with Crippen LogP contribution in [-0.2, 0) is 20.0 Å². The zero-order valence-corrected chi connectivity index (χ0v) is 36.8. The monoisotopic (exact) mass is 916 g/mol. The second kappa shape index (κ2) is 18.2. The first-order chi connectivity index (χ1) is 28.8. The molecule has 4 aromatic carbocycles. The summed E-state index contributed by atoms with van der Waals surface area (Å²) in [6, 6.07) is 30.7. The van der Waals surface area contributed by atoms with Gasteiger partial charge in [0.25, 0.3) is 0 Å². The average molecular weight is 917 g/mol. The molecule has 6 aromatic rings. The van der Waals surface area contributed by atoms with Gasteiger partial charge in [0.05, 0.1) is 55.1 Å². The average Bonchev–Trinajstić information content (AvgIpc) is 3.73. The highest BCUT2D eigenvalue weighted by Gasteiger charge is 2.34. The summed E-state index contributed by atoms with van der Waals surface area (Å²) in [7, 11) is -7.85. The minimum atomic E-state index is -3.92. The number of aromatic nitrogens is 4. The lowest BCUT2D eigenvalue weighted by Crippen LogP contribution is -2.50. The first-order valence-corrected chi connectivity index (χ1v) is 23.3. The summed E-state index contributed by atoms with van der Waals surface area (Å²) < 4.78 is 68.9. The fourth-order valence-corrected chi connectivity index (χ4v) is 10.9. The van der Waals surface area contributed by atoms with Gasteiger partial charge in [0.1, 0.15) is 20.0 Å². The number of anilines is 2. The Kier molecular flexibility index (Phi) is 13.0. The Hall–Kier alpha value is -5.20. The van der Waals surface area contributed by atoms with Gasteiger partial charge in [-0.2, -0.15) is 18.8 Å². The van der Waals surface area contributed by atoms with Crippen LogP contribution in [0, 0.1) is 13.8 Å². The van der Waals surface area contributed by atoms with E-state index in [9.17, 15) is 16.8 Å². The van der Waals surface area contributed by atoms with Crippen LogP contribution in [0.2, 0.25) is 0 Å². The van der Waals surface area contributed by atoms with Gasteiger partial charge in [0, 0.05) is 50.1 Å². The van der Waals surface area contributed by atoms with E-state index in [4.69, 9.17) is 35.9 Å². The molecule has 16 nitrogen and oxygen atoms in total. The van der Waals surface area contributed by atoms with E-state index in [-0.39, 0.29) is 36.0 Å². The second-order valence-electron chi connectivity index (χ2n) is 13.1. The molecule has 1 aliphatic heterocycles. The van der Waals surface area contributed by atoms with Gasteiger partial charge in [-0.05, 0) is 86.6 Å². The van der Waals surface area contributed by atoms with Gasteiger partial charge in [0.2, 0.25) is 20.0 Å². The molecule has 0 aliphatic carbocycles. The zero-order chi connectivity index (χ0) is 42.6. The minimum Gasteiger partial charge on any atom is -0.383 e. The van der Waals surface area contributed by atoms with E-state index in [1.165, 1.54) is 57.1 Å². The van der Waals surface area contributed by atoms with Crippen LogP contribution in [0.3, 0.4) is 0 Å². The third-order valence-electron chi connectivity index (χ3n) is 9.31. The van der Waals surface area contributed by atoms with Gasteiger partial charge in [0.15, 0.2) is 0 Å². The molecule has 0 atom stereocenters. The van der Waals surface area contributed by atoms with Gasteiger partial charge in [-0.15, -0.1) is 19.3 Å². The Balaban J connectivity index is 0.910. The molecule has 0 saturated carbocycles. The van der Waals surface area contributed by atoms with E-state index in [0.717, 1.165) is 35.3 Å². The van der Waals surface area contributed by atoms with Crippen molar-refractivity contribution < 1.29 is 16.8 Å². The van der Waals surface area contributed by atoms with Crippen LogP contribution >= 0.6 is 48.3 Å². The van der Waals surface area contributed by atoms with Gasteiger partial charge in [-0.25, -0.2) is 26.2 Å². The van der Waals surface area contributed by atoms with Gasteiger partial charge in [-0.1, -0.05) is 60.8 Å². The summed E-state index contributed by atoms with van der Waals surface area (Å²) >= 11 is 13.0. The van der Waals surface area contributed by atoms with Crippen molar-refractivity contribution in [2.24, 2.45) is 19.3 Å². The summed E-state index contributed by atoms with van der Waals surface area (Å²) in [5.41, 5.74) is 17.6. The van der Waals surface area contributed by atoms with Crippen LogP contribution in [0.15, 0.2) is 138 Å². The molecule has 0 bridgehead atoms. The highest BCUT2D eigenvalue weighted by molar-refractivity contribution is 8.23. The zero-order valence-electron chi connectivity index (χ0n) is 31.9. The maximum atomic E-state index is 13.5. The highest BCUT2D eigenvalue weighted by Crippen LogP contribution is 2.31. The summed E-state index contributed by atoms with van der Waals surface area (Å²) in [5, 5.41) is 17.4. The predicted octanol–water partition coefficient (Wildman–Crippen LogP) is 7.75. The molecule has 0 amide bonds. The number of piperazine rings is 1. The van der Waals surface area contributed by atoms with Gasteiger partial charge in [-0.3, -0.25) is 0 Å². The highest BCUT2D eigenvalue weighted by atomic mass is 32.2. The van der Waals surface area contributed by atoms with Crippen molar-refractivity contribution in [1.82, 2.24) is 28.2 Å². The number of hydrogen-bond donors (Lipinski definition) is 2. The Morgan fingerprint density at radius 3 is 1.23 bits per heavy atom. The maximum absolute atomic E-state index is 13.5. The molecular formula is C38H36N12O4S6. The second-order valence-corrected chi connectivity index (χ2v) is 19.8. The molecule has 3 heterocycles. The first-order valence-electron chi connectivity index (χ1n) is 18.0. The van der Waals surface area contributed by atoms with Crippen molar-refractivity contribution in [3.05, 3.63) is 132 Å². The van der Waals surface area contributed by atoms with Gasteiger partial charge < -0.3 is 11.5 Å². The fourth-order valence-electron chi connectivity index (χ4n) is 6.25.